The molecule has 0 aromatic heterocycles. The summed E-state index contributed by atoms with van der Waals surface area (Å²) in [6, 6.07) is 7.76. The summed E-state index contributed by atoms with van der Waals surface area (Å²) in [7, 11) is 0. The summed E-state index contributed by atoms with van der Waals surface area (Å²) in [5, 5.41) is 2.62. The van der Waals surface area contributed by atoms with Gasteiger partial charge in [0, 0.05) is 5.70 Å². The second-order valence-corrected chi connectivity index (χ2v) is 4.97. The lowest BCUT2D eigenvalue weighted by Gasteiger charge is -2.20. The van der Waals surface area contributed by atoms with Crippen LogP contribution in [0.1, 0.15) is 31.9 Å². The van der Waals surface area contributed by atoms with E-state index < -0.39 is 11.7 Å². The van der Waals surface area contributed by atoms with Gasteiger partial charge in [0.2, 0.25) is 0 Å². The molecule has 0 aliphatic heterocycles. The number of aryl methyl sites for hydroxylation is 1. The highest BCUT2D eigenvalue weighted by Gasteiger charge is 2.16. The van der Waals surface area contributed by atoms with Gasteiger partial charge in [-0.15, -0.1) is 0 Å². The third-order valence-electron chi connectivity index (χ3n) is 2.05. The standard InChI is InChI=1S/C14H19NO2/c1-10-6-8-12(9-7-10)11(2)15-13(16)17-14(3,4)5/h6-9H,2H2,1,3-5H3,(H,15,16). The van der Waals surface area contributed by atoms with Crippen LogP contribution in [0.25, 0.3) is 5.70 Å². The lowest BCUT2D eigenvalue weighted by atomic mass is 10.1. The van der Waals surface area contributed by atoms with Crippen molar-refractivity contribution in [3.63, 3.8) is 0 Å². The summed E-state index contributed by atoms with van der Waals surface area (Å²) in [5.41, 5.74) is 2.08. The van der Waals surface area contributed by atoms with E-state index in [-0.39, 0.29) is 0 Å². The highest BCUT2D eigenvalue weighted by molar-refractivity contribution is 5.81. The predicted molar refractivity (Wildman–Crippen MR) is 69.6 cm³/mol. The minimum absolute atomic E-state index is 0.483. The summed E-state index contributed by atoms with van der Waals surface area (Å²) in [4.78, 5) is 11.5. The fourth-order valence-corrected chi connectivity index (χ4v) is 1.25. The van der Waals surface area contributed by atoms with Crippen molar-refractivity contribution in [1.82, 2.24) is 5.32 Å². The highest BCUT2D eigenvalue weighted by Crippen LogP contribution is 2.12. The van der Waals surface area contributed by atoms with E-state index in [9.17, 15) is 4.79 Å². The van der Waals surface area contributed by atoms with E-state index in [1.54, 1.807) is 0 Å². The average molecular weight is 233 g/mol. The Morgan fingerprint density at radius 3 is 2.24 bits per heavy atom. The van der Waals surface area contributed by atoms with Crippen LogP contribution in [-0.4, -0.2) is 11.7 Å². The minimum Gasteiger partial charge on any atom is -0.444 e. The second-order valence-electron chi connectivity index (χ2n) is 4.97. The number of hydrogen-bond acceptors (Lipinski definition) is 2. The molecule has 0 bridgehead atoms. The Hall–Kier alpha value is -1.77. The quantitative estimate of drug-likeness (QED) is 0.849. The number of benzene rings is 1. The molecule has 0 saturated heterocycles. The zero-order chi connectivity index (χ0) is 13.1. The van der Waals surface area contributed by atoms with Gasteiger partial charge in [-0.25, -0.2) is 4.79 Å². The maximum atomic E-state index is 11.5. The summed E-state index contributed by atoms with van der Waals surface area (Å²) < 4.78 is 5.14. The Kier molecular flexibility index (Phi) is 3.94. The Morgan fingerprint density at radius 2 is 1.76 bits per heavy atom. The van der Waals surface area contributed by atoms with Gasteiger partial charge in [-0.3, -0.25) is 5.32 Å². The van der Waals surface area contributed by atoms with Gasteiger partial charge in [0.25, 0.3) is 0 Å². The van der Waals surface area contributed by atoms with Crippen LogP contribution >= 0.6 is 0 Å². The van der Waals surface area contributed by atoms with Crippen molar-refractivity contribution in [2.24, 2.45) is 0 Å². The van der Waals surface area contributed by atoms with Crippen LogP contribution < -0.4 is 5.32 Å². The van der Waals surface area contributed by atoms with E-state index in [4.69, 9.17) is 4.74 Å². The Bertz CT molecular complexity index is 413. The fraction of sp³-hybridized carbons (Fsp3) is 0.357. The molecule has 1 aromatic rings. The number of rotatable bonds is 2. The first-order valence-corrected chi connectivity index (χ1v) is 5.54. The van der Waals surface area contributed by atoms with Crippen LogP contribution in [-0.2, 0) is 4.74 Å². The molecule has 0 unspecified atom stereocenters. The first-order valence-electron chi connectivity index (χ1n) is 5.54. The van der Waals surface area contributed by atoms with Crippen LogP contribution in [0.4, 0.5) is 4.79 Å². The van der Waals surface area contributed by atoms with Gasteiger partial charge >= 0.3 is 6.09 Å². The van der Waals surface area contributed by atoms with Crippen molar-refractivity contribution in [1.29, 1.82) is 0 Å². The third kappa shape index (κ3) is 4.72. The maximum absolute atomic E-state index is 11.5. The molecule has 0 spiro atoms. The topological polar surface area (TPSA) is 38.3 Å². The Morgan fingerprint density at radius 1 is 1.24 bits per heavy atom. The summed E-state index contributed by atoms with van der Waals surface area (Å²) in [6.45, 7) is 11.3. The molecule has 1 aromatic carbocycles. The molecule has 0 fully saturated rings. The minimum atomic E-state index is -0.502. The summed E-state index contributed by atoms with van der Waals surface area (Å²) in [6.07, 6.45) is -0.483. The molecule has 17 heavy (non-hydrogen) atoms. The van der Waals surface area contributed by atoms with Crippen molar-refractivity contribution in [2.45, 2.75) is 33.3 Å². The highest BCUT2D eigenvalue weighted by atomic mass is 16.6. The van der Waals surface area contributed by atoms with Crippen molar-refractivity contribution >= 4 is 11.8 Å². The number of hydrogen-bond donors (Lipinski definition) is 1. The zero-order valence-corrected chi connectivity index (χ0v) is 10.8. The Labute approximate surface area is 102 Å². The van der Waals surface area contributed by atoms with Crippen molar-refractivity contribution in [3.8, 4) is 0 Å². The number of carbonyl (C=O) groups excluding carboxylic acids is 1. The van der Waals surface area contributed by atoms with Gasteiger partial charge in [0.1, 0.15) is 5.60 Å². The maximum Gasteiger partial charge on any atom is 0.412 e. The molecule has 3 heteroatoms. The van der Waals surface area contributed by atoms with Crippen molar-refractivity contribution < 1.29 is 9.53 Å². The molecule has 0 heterocycles. The zero-order valence-electron chi connectivity index (χ0n) is 10.8. The van der Waals surface area contributed by atoms with Gasteiger partial charge in [0.15, 0.2) is 0 Å². The molecule has 0 radical (unpaired) electrons. The molecular formula is C14H19NO2. The average Bonchev–Trinajstić information content (AvgIpc) is 2.15. The van der Waals surface area contributed by atoms with Crippen LogP contribution in [0, 0.1) is 6.92 Å². The predicted octanol–water partition coefficient (Wildman–Crippen LogP) is 3.49. The smallest absolute Gasteiger partial charge is 0.412 e. The fourth-order valence-electron chi connectivity index (χ4n) is 1.25. The van der Waals surface area contributed by atoms with Gasteiger partial charge in [-0.2, -0.15) is 0 Å². The van der Waals surface area contributed by atoms with Crippen LogP contribution in [0.2, 0.25) is 0 Å². The molecule has 1 amide bonds. The van der Waals surface area contributed by atoms with E-state index in [1.807, 2.05) is 52.0 Å². The number of ether oxygens (including phenoxy) is 1. The molecule has 1 rings (SSSR count). The molecule has 3 nitrogen and oxygen atoms in total. The lowest BCUT2D eigenvalue weighted by Crippen LogP contribution is -2.31. The molecule has 1 N–H and O–H groups in total. The van der Waals surface area contributed by atoms with Gasteiger partial charge in [-0.1, -0.05) is 36.4 Å². The van der Waals surface area contributed by atoms with E-state index in [0.717, 1.165) is 5.56 Å². The van der Waals surface area contributed by atoms with Crippen LogP contribution in [0.15, 0.2) is 30.8 Å². The molecule has 0 aliphatic rings. The van der Waals surface area contributed by atoms with Crippen molar-refractivity contribution in [2.75, 3.05) is 0 Å². The van der Waals surface area contributed by atoms with Gasteiger partial charge in [-0.05, 0) is 33.3 Å². The van der Waals surface area contributed by atoms with E-state index in [1.165, 1.54) is 5.56 Å². The molecular weight excluding hydrogens is 214 g/mol. The Balaban J connectivity index is 2.61. The summed E-state index contributed by atoms with van der Waals surface area (Å²) >= 11 is 0. The number of amides is 1. The third-order valence-corrected chi connectivity index (χ3v) is 2.05. The molecule has 0 atom stereocenters. The number of carbonyl (C=O) groups is 1. The summed E-state index contributed by atoms with van der Waals surface area (Å²) in [5.74, 6) is 0. The van der Waals surface area contributed by atoms with E-state index >= 15 is 0 Å². The van der Waals surface area contributed by atoms with Crippen LogP contribution in [0.5, 0.6) is 0 Å². The number of alkyl carbamates (subject to hydrolysis) is 1. The molecule has 92 valence electrons. The molecule has 0 aliphatic carbocycles. The second kappa shape index (κ2) is 5.04. The van der Waals surface area contributed by atoms with Gasteiger partial charge < -0.3 is 4.74 Å². The monoisotopic (exact) mass is 233 g/mol. The first kappa shape index (κ1) is 13.3. The molecule has 0 saturated carbocycles. The first-order chi connectivity index (χ1) is 7.78. The number of nitrogens with one attached hydrogen (secondary N) is 1. The van der Waals surface area contributed by atoms with E-state index in [2.05, 4.69) is 11.9 Å². The van der Waals surface area contributed by atoms with Crippen LogP contribution in [0.3, 0.4) is 0 Å². The SMILES string of the molecule is C=C(NC(=O)OC(C)(C)C)c1ccc(C)cc1. The largest absolute Gasteiger partial charge is 0.444 e. The van der Waals surface area contributed by atoms with Gasteiger partial charge in [0.05, 0.1) is 0 Å². The normalized spacial score (nSPS) is 10.8. The van der Waals surface area contributed by atoms with Crippen molar-refractivity contribution in [3.05, 3.63) is 42.0 Å². The lowest BCUT2D eigenvalue weighted by molar-refractivity contribution is 0.0558. The van der Waals surface area contributed by atoms with E-state index in [0.29, 0.717) is 5.70 Å².